The maximum absolute atomic E-state index is 9.11. The van der Waals surface area contributed by atoms with Gasteiger partial charge in [-0.2, -0.15) is 5.26 Å². The molecular formula is C13H6Cl2N2S2. The second kappa shape index (κ2) is 4.69. The zero-order valence-electron chi connectivity index (χ0n) is 9.41. The highest BCUT2D eigenvalue weighted by Gasteiger charge is 2.15. The summed E-state index contributed by atoms with van der Waals surface area (Å²) in [6.07, 6.45) is 0. The van der Waals surface area contributed by atoms with E-state index in [-0.39, 0.29) is 0 Å². The second-order valence-electron chi connectivity index (χ2n) is 3.89. The average Bonchev–Trinajstić information content (AvgIpc) is 2.85. The first-order valence-electron chi connectivity index (χ1n) is 5.27. The Bertz CT molecular complexity index is 827. The molecule has 94 valence electrons. The van der Waals surface area contributed by atoms with Crippen molar-refractivity contribution in [2.24, 2.45) is 0 Å². The fraction of sp³-hybridized carbons (Fsp3) is 0. The molecule has 0 atom stereocenters. The van der Waals surface area contributed by atoms with Gasteiger partial charge in [0.25, 0.3) is 0 Å². The number of anilines is 1. The van der Waals surface area contributed by atoms with Gasteiger partial charge in [-0.25, -0.2) is 0 Å². The topological polar surface area (TPSA) is 49.8 Å². The molecule has 2 heterocycles. The Kier molecular flexibility index (Phi) is 3.15. The Hall–Kier alpha value is -1.25. The van der Waals surface area contributed by atoms with Crippen LogP contribution >= 0.6 is 45.9 Å². The molecule has 0 spiro atoms. The SMILES string of the molecule is N#Cc1c(N)sc2sc(-c3ccc(Cl)cc3Cl)cc12. The summed E-state index contributed by atoms with van der Waals surface area (Å²) in [6.45, 7) is 0. The van der Waals surface area contributed by atoms with Crippen molar-refractivity contribution in [3.8, 4) is 16.5 Å². The van der Waals surface area contributed by atoms with Crippen LogP contribution < -0.4 is 5.73 Å². The Morgan fingerprint density at radius 2 is 1.95 bits per heavy atom. The van der Waals surface area contributed by atoms with Gasteiger partial charge in [-0.15, -0.1) is 22.7 Å². The summed E-state index contributed by atoms with van der Waals surface area (Å²) in [5, 5.41) is 11.8. The molecule has 0 bridgehead atoms. The van der Waals surface area contributed by atoms with Crippen molar-refractivity contribution >= 4 is 60.3 Å². The molecule has 0 saturated carbocycles. The molecule has 0 amide bonds. The number of thiophene rings is 2. The highest BCUT2D eigenvalue weighted by atomic mass is 35.5. The van der Waals surface area contributed by atoms with Crippen LogP contribution in [0.25, 0.3) is 19.8 Å². The van der Waals surface area contributed by atoms with Gasteiger partial charge in [0.15, 0.2) is 0 Å². The van der Waals surface area contributed by atoms with E-state index in [1.165, 1.54) is 11.3 Å². The van der Waals surface area contributed by atoms with Gasteiger partial charge >= 0.3 is 0 Å². The van der Waals surface area contributed by atoms with E-state index >= 15 is 0 Å². The van der Waals surface area contributed by atoms with Crippen molar-refractivity contribution in [2.75, 3.05) is 5.73 Å². The van der Waals surface area contributed by atoms with Gasteiger partial charge < -0.3 is 5.73 Å². The van der Waals surface area contributed by atoms with Gasteiger partial charge in [0.2, 0.25) is 0 Å². The number of benzene rings is 1. The third-order valence-corrected chi connectivity index (χ3v) is 5.56. The van der Waals surface area contributed by atoms with Crippen molar-refractivity contribution in [3.05, 3.63) is 39.9 Å². The highest BCUT2D eigenvalue weighted by molar-refractivity contribution is 7.41. The predicted molar refractivity (Wildman–Crippen MR) is 84.3 cm³/mol. The molecule has 0 saturated heterocycles. The monoisotopic (exact) mass is 324 g/mol. The maximum atomic E-state index is 9.11. The number of halogens is 2. The molecule has 0 aliphatic heterocycles. The third kappa shape index (κ3) is 2.09. The lowest BCUT2D eigenvalue weighted by Gasteiger charge is -2.01. The summed E-state index contributed by atoms with van der Waals surface area (Å²) in [5.41, 5.74) is 7.27. The molecule has 0 radical (unpaired) electrons. The van der Waals surface area contributed by atoms with Crippen LogP contribution in [0.5, 0.6) is 0 Å². The minimum Gasteiger partial charge on any atom is -0.389 e. The average molecular weight is 325 g/mol. The molecule has 0 unspecified atom stereocenters. The number of nitrogen functional groups attached to an aromatic ring is 1. The van der Waals surface area contributed by atoms with Crippen LogP contribution in [0.4, 0.5) is 5.00 Å². The lowest BCUT2D eigenvalue weighted by atomic mass is 10.1. The quantitative estimate of drug-likeness (QED) is 0.652. The van der Waals surface area contributed by atoms with Gasteiger partial charge in [0.1, 0.15) is 11.1 Å². The fourth-order valence-electron chi connectivity index (χ4n) is 1.85. The fourth-order valence-corrected chi connectivity index (χ4v) is 4.78. The zero-order valence-corrected chi connectivity index (χ0v) is 12.6. The van der Waals surface area contributed by atoms with Crippen LogP contribution in [0.3, 0.4) is 0 Å². The van der Waals surface area contributed by atoms with E-state index in [0.717, 1.165) is 19.8 Å². The molecule has 2 aromatic heterocycles. The second-order valence-corrected chi connectivity index (χ2v) is 7.10. The first-order valence-corrected chi connectivity index (χ1v) is 7.66. The smallest absolute Gasteiger partial charge is 0.106 e. The van der Waals surface area contributed by atoms with Crippen molar-refractivity contribution in [2.45, 2.75) is 0 Å². The molecule has 0 aliphatic rings. The number of nitrogens with zero attached hydrogens (tertiary/aromatic N) is 1. The van der Waals surface area contributed by atoms with E-state index in [1.54, 1.807) is 23.5 Å². The van der Waals surface area contributed by atoms with Gasteiger partial charge in [0, 0.05) is 20.8 Å². The van der Waals surface area contributed by atoms with Crippen LogP contribution in [0.15, 0.2) is 24.3 Å². The third-order valence-electron chi connectivity index (χ3n) is 2.72. The summed E-state index contributed by atoms with van der Waals surface area (Å²) in [6, 6.07) is 9.50. The van der Waals surface area contributed by atoms with Crippen LogP contribution in [0.2, 0.25) is 10.0 Å². The number of rotatable bonds is 1. The van der Waals surface area contributed by atoms with Crippen LogP contribution in [0.1, 0.15) is 5.56 Å². The standard InChI is InChI=1S/C13H6Cl2N2S2/c14-6-1-2-7(10(15)3-6)11-4-8-9(5-16)12(17)19-13(8)18-11/h1-4H,17H2. The van der Waals surface area contributed by atoms with Gasteiger partial charge in [-0.1, -0.05) is 29.3 Å². The molecule has 2 nitrogen and oxygen atoms in total. The molecule has 19 heavy (non-hydrogen) atoms. The Morgan fingerprint density at radius 1 is 1.16 bits per heavy atom. The molecule has 2 N–H and O–H groups in total. The Morgan fingerprint density at radius 3 is 2.63 bits per heavy atom. The normalized spacial score (nSPS) is 10.8. The minimum absolute atomic E-state index is 0.549. The van der Waals surface area contributed by atoms with Crippen molar-refractivity contribution < 1.29 is 0 Å². The molecule has 3 rings (SSSR count). The van der Waals surface area contributed by atoms with E-state index in [2.05, 4.69) is 6.07 Å². The first kappa shape index (κ1) is 12.8. The first-order chi connectivity index (χ1) is 9.10. The van der Waals surface area contributed by atoms with Crippen molar-refractivity contribution in [3.63, 3.8) is 0 Å². The minimum atomic E-state index is 0.549. The highest BCUT2D eigenvalue weighted by Crippen LogP contribution is 2.44. The van der Waals surface area contributed by atoms with E-state index in [9.17, 15) is 0 Å². The lowest BCUT2D eigenvalue weighted by Crippen LogP contribution is -1.81. The Labute approximate surface area is 127 Å². The number of fused-ring (bicyclic) bond motifs is 1. The van der Waals surface area contributed by atoms with Crippen LogP contribution in [-0.4, -0.2) is 0 Å². The van der Waals surface area contributed by atoms with Crippen molar-refractivity contribution in [1.29, 1.82) is 5.26 Å². The number of hydrogen-bond donors (Lipinski definition) is 1. The number of nitrogens with two attached hydrogens (primary N) is 1. The summed E-state index contributed by atoms with van der Waals surface area (Å²) in [7, 11) is 0. The summed E-state index contributed by atoms with van der Waals surface area (Å²) in [5.74, 6) is 0. The van der Waals surface area contributed by atoms with Gasteiger partial charge in [0.05, 0.1) is 14.6 Å². The summed E-state index contributed by atoms with van der Waals surface area (Å²) < 4.78 is 1.04. The van der Waals surface area contributed by atoms with Gasteiger partial charge in [-0.05, 0) is 18.2 Å². The molecule has 1 aromatic carbocycles. The van der Waals surface area contributed by atoms with E-state index in [0.29, 0.717) is 20.6 Å². The molecule has 0 aliphatic carbocycles. The maximum Gasteiger partial charge on any atom is 0.106 e. The summed E-state index contributed by atoms with van der Waals surface area (Å²) >= 11 is 15.1. The van der Waals surface area contributed by atoms with E-state index < -0.39 is 0 Å². The number of nitriles is 1. The lowest BCUT2D eigenvalue weighted by molar-refractivity contribution is 1.52. The zero-order chi connectivity index (χ0) is 13.6. The number of hydrogen-bond acceptors (Lipinski definition) is 4. The molecule has 6 heteroatoms. The van der Waals surface area contributed by atoms with Crippen LogP contribution in [-0.2, 0) is 0 Å². The predicted octanol–water partition coefficient (Wildman–Crippen LogP) is 5.39. The van der Waals surface area contributed by atoms with Crippen molar-refractivity contribution in [1.82, 2.24) is 0 Å². The van der Waals surface area contributed by atoms with E-state index in [4.69, 9.17) is 34.2 Å². The molecule has 0 fully saturated rings. The molecular weight excluding hydrogens is 319 g/mol. The van der Waals surface area contributed by atoms with E-state index in [1.807, 2.05) is 12.1 Å². The molecule has 3 aromatic rings. The van der Waals surface area contributed by atoms with Gasteiger partial charge in [-0.3, -0.25) is 0 Å². The van der Waals surface area contributed by atoms with Crippen LogP contribution in [0, 0.1) is 11.3 Å². The Balaban J connectivity index is 2.21. The largest absolute Gasteiger partial charge is 0.389 e. The summed E-state index contributed by atoms with van der Waals surface area (Å²) in [4.78, 5) is 1.01.